The van der Waals surface area contributed by atoms with Crippen LogP contribution in [-0.4, -0.2) is 46.0 Å². The van der Waals surface area contributed by atoms with E-state index in [9.17, 15) is 8.42 Å². The third kappa shape index (κ3) is 3.76. The van der Waals surface area contributed by atoms with Crippen molar-refractivity contribution in [2.75, 3.05) is 32.7 Å². The fraction of sp³-hybridized carbons (Fsp3) is 0.500. The summed E-state index contributed by atoms with van der Waals surface area (Å²) in [6.07, 6.45) is 6.08. The fourth-order valence-electron chi connectivity index (χ4n) is 2.92. The standard InChI is InChI=1S/C16H23N3O2S/c20-22(21,18-7-3-11-19-9-1-2-10-19)16-5-4-14-6-8-17-13-15(14)12-16/h1-2,4-5,12,17-18H,3,6-11,13H2. The van der Waals surface area contributed by atoms with Gasteiger partial charge < -0.3 is 5.32 Å². The molecule has 2 aliphatic rings. The van der Waals surface area contributed by atoms with Crippen LogP contribution in [0.1, 0.15) is 17.5 Å². The summed E-state index contributed by atoms with van der Waals surface area (Å²) in [5.41, 5.74) is 2.34. The minimum atomic E-state index is -3.40. The number of sulfonamides is 1. The van der Waals surface area contributed by atoms with Crippen molar-refractivity contribution in [3.05, 3.63) is 41.5 Å². The Bertz CT molecular complexity index is 647. The second-order valence-electron chi connectivity index (χ2n) is 5.84. The molecule has 0 spiro atoms. The van der Waals surface area contributed by atoms with Crippen molar-refractivity contribution < 1.29 is 8.42 Å². The zero-order valence-corrected chi connectivity index (χ0v) is 13.5. The Morgan fingerprint density at radius 3 is 2.82 bits per heavy atom. The van der Waals surface area contributed by atoms with Gasteiger partial charge >= 0.3 is 0 Å². The quantitative estimate of drug-likeness (QED) is 0.603. The molecule has 0 fully saturated rings. The largest absolute Gasteiger partial charge is 0.312 e. The molecule has 0 unspecified atom stereocenters. The summed E-state index contributed by atoms with van der Waals surface area (Å²) >= 11 is 0. The van der Waals surface area contributed by atoms with Crippen LogP contribution in [0.4, 0.5) is 0 Å². The Balaban J connectivity index is 1.55. The Morgan fingerprint density at radius 1 is 1.18 bits per heavy atom. The molecule has 22 heavy (non-hydrogen) atoms. The third-order valence-electron chi connectivity index (χ3n) is 4.21. The number of rotatable bonds is 6. The molecule has 5 nitrogen and oxygen atoms in total. The number of nitrogens with one attached hydrogen (secondary N) is 2. The van der Waals surface area contributed by atoms with Crippen LogP contribution in [-0.2, 0) is 23.0 Å². The zero-order valence-electron chi connectivity index (χ0n) is 12.7. The number of hydrogen-bond donors (Lipinski definition) is 2. The van der Waals surface area contributed by atoms with Crippen molar-refractivity contribution in [1.29, 1.82) is 0 Å². The molecule has 2 N–H and O–H groups in total. The van der Waals surface area contributed by atoms with E-state index in [-0.39, 0.29) is 0 Å². The van der Waals surface area contributed by atoms with Crippen molar-refractivity contribution in [2.24, 2.45) is 0 Å². The van der Waals surface area contributed by atoms with Gasteiger partial charge in [0, 0.05) is 32.7 Å². The lowest BCUT2D eigenvalue weighted by Crippen LogP contribution is -2.29. The molecule has 0 aromatic heterocycles. The van der Waals surface area contributed by atoms with Gasteiger partial charge in [-0.1, -0.05) is 18.2 Å². The molecule has 2 aliphatic heterocycles. The molecular formula is C16H23N3O2S. The third-order valence-corrected chi connectivity index (χ3v) is 5.67. The number of fused-ring (bicyclic) bond motifs is 1. The monoisotopic (exact) mass is 321 g/mol. The summed E-state index contributed by atoms with van der Waals surface area (Å²) in [5, 5.41) is 3.28. The topological polar surface area (TPSA) is 61.4 Å². The van der Waals surface area contributed by atoms with Gasteiger partial charge in [-0.05, 0) is 42.6 Å². The van der Waals surface area contributed by atoms with Crippen LogP contribution in [0.15, 0.2) is 35.2 Å². The van der Waals surface area contributed by atoms with Crippen molar-refractivity contribution in [2.45, 2.75) is 24.3 Å². The van der Waals surface area contributed by atoms with E-state index in [4.69, 9.17) is 0 Å². The second kappa shape index (κ2) is 6.91. The average Bonchev–Trinajstić information content (AvgIpc) is 3.04. The van der Waals surface area contributed by atoms with Crippen LogP contribution in [0.2, 0.25) is 0 Å². The van der Waals surface area contributed by atoms with Gasteiger partial charge in [0.25, 0.3) is 0 Å². The molecule has 0 radical (unpaired) electrons. The average molecular weight is 321 g/mol. The first-order valence-electron chi connectivity index (χ1n) is 7.85. The first kappa shape index (κ1) is 15.7. The lowest BCUT2D eigenvalue weighted by molar-refractivity contribution is 0.347. The second-order valence-corrected chi connectivity index (χ2v) is 7.61. The van der Waals surface area contributed by atoms with Gasteiger partial charge in [0.1, 0.15) is 0 Å². The van der Waals surface area contributed by atoms with Crippen LogP contribution in [0, 0.1) is 0 Å². The van der Waals surface area contributed by atoms with Gasteiger partial charge in [-0.25, -0.2) is 13.1 Å². The highest BCUT2D eigenvalue weighted by atomic mass is 32.2. The van der Waals surface area contributed by atoms with Gasteiger partial charge in [-0.2, -0.15) is 0 Å². The van der Waals surface area contributed by atoms with E-state index in [2.05, 4.69) is 27.1 Å². The number of nitrogens with zero attached hydrogens (tertiary/aromatic N) is 1. The number of benzene rings is 1. The van der Waals surface area contributed by atoms with Crippen LogP contribution < -0.4 is 10.0 Å². The highest BCUT2D eigenvalue weighted by molar-refractivity contribution is 7.89. The summed E-state index contributed by atoms with van der Waals surface area (Å²) in [6, 6.07) is 5.46. The normalized spacial score (nSPS) is 18.5. The summed E-state index contributed by atoms with van der Waals surface area (Å²) in [5.74, 6) is 0. The maximum Gasteiger partial charge on any atom is 0.240 e. The Kier molecular flexibility index (Phi) is 4.93. The highest BCUT2D eigenvalue weighted by Crippen LogP contribution is 2.18. The summed E-state index contributed by atoms with van der Waals surface area (Å²) in [6.45, 7) is 5.07. The van der Waals surface area contributed by atoms with E-state index in [1.807, 2.05) is 6.07 Å². The molecule has 3 rings (SSSR count). The van der Waals surface area contributed by atoms with Gasteiger partial charge in [-0.3, -0.25) is 4.90 Å². The van der Waals surface area contributed by atoms with E-state index in [1.54, 1.807) is 12.1 Å². The molecule has 1 aromatic carbocycles. The van der Waals surface area contributed by atoms with Gasteiger partial charge in [-0.15, -0.1) is 0 Å². The van der Waals surface area contributed by atoms with Crippen molar-refractivity contribution in [1.82, 2.24) is 14.9 Å². The van der Waals surface area contributed by atoms with Crippen molar-refractivity contribution >= 4 is 10.0 Å². The first-order chi connectivity index (χ1) is 10.6. The maximum absolute atomic E-state index is 12.4. The molecule has 0 saturated heterocycles. The number of hydrogen-bond acceptors (Lipinski definition) is 4. The highest BCUT2D eigenvalue weighted by Gasteiger charge is 2.17. The molecule has 0 bridgehead atoms. The van der Waals surface area contributed by atoms with Crippen LogP contribution >= 0.6 is 0 Å². The van der Waals surface area contributed by atoms with E-state index < -0.39 is 10.0 Å². The van der Waals surface area contributed by atoms with Crippen molar-refractivity contribution in [3.63, 3.8) is 0 Å². The lowest BCUT2D eigenvalue weighted by Gasteiger charge is -2.18. The molecule has 0 atom stereocenters. The molecule has 6 heteroatoms. The Labute approximate surface area is 132 Å². The Morgan fingerprint density at radius 2 is 2.00 bits per heavy atom. The SMILES string of the molecule is O=S(=O)(NCCCN1CC=CC1)c1ccc2c(c1)CNCC2. The maximum atomic E-state index is 12.4. The summed E-state index contributed by atoms with van der Waals surface area (Å²) in [4.78, 5) is 2.66. The lowest BCUT2D eigenvalue weighted by atomic mass is 10.0. The Hall–Kier alpha value is -1.21. The minimum Gasteiger partial charge on any atom is -0.312 e. The molecule has 0 aliphatic carbocycles. The predicted octanol–water partition coefficient (Wildman–Crippen LogP) is 0.872. The zero-order chi connectivity index (χ0) is 15.4. The van der Waals surface area contributed by atoms with Crippen LogP contribution in [0.3, 0.4) is 0 Å². The molecule has 0 amide bonds. The van der Waals surface area contributed by atoms with Gasteiger partial charge in [0.2, 0.25) is 10.0 Å². The van der Waals surface area contributed by atoms with Gasteiger partial charge in [0.15, 0.2) is 0 Å². The van der Waals surface area contributed by atoms with E-state index in [0.29, 0.717) is 11.4 Å². The molecular weight excluding hydrogens is 298 g/mol. The van der Waals surface area contributed by atoms with Gasteiger partial charge in [0.05, 0.1) is 4.90 Å². The molecule has 2 heterocycles. The summed E-state index contributed by atoms with van der Waals surface area (Å²) in [7, 11) is -3.40. The molecule has 120 valence electrons. The first-order valence-corrected chi connectivity index (χ1v) is 9.33. The van der Waals surface area contributed by atoms with Crippen molar-refractivity contribution in [3.8, 4) is 0 Å². The fourth-order valence-corrected chi connectivity index (χ4v) is 4.05. The molecule has 0 saturated carbocycles. The predicted molar refractivity (Wildman–Crippen MR) is 87.2 cm³/mol. The molecule has 1 aromatic rings. The van der Waals surface area contributed by atoms with Crippen LogP contribution in [0.5, 0.6) is 0 Å². The minimum absolute atomic E-state index is 0.373. The van der Waals surface area contributed by atoms with E-state index in [0.717, 1.165) is 51.1 Å². The smallest absolute Gasteiger partial charge is 0.240 e. The van der Waals surface area contributed by atoms with E-state index in [1.165, 1.54) is 5.56 Å². The van der Waals surface area contributed by atoms with E-state index >= 15 is 0 Å². The summed E-state index contributed by atoms with van der Waals surface area (Å²) < 4.78 is 27.4. The van der Waals surface area contributed by atoms with Crippen LogP contribution in [0.25, 0.3) is 0 Å².